The normalized spacial score (nSPS) is 13.5. The van der Waals surface area contributed by atoms with Crippen LogP contribution in [0.3, 0.4) is 0 Å². The van der Waals surface area contributed by atoms with Crippen molar-refractivity contribution in [3.8, 4) is 0 Å². The van der Waals surface area contributed by atoms with Crippen molar-refractivity contribution in [2.75, 3.05) is 20.1 Å². The van der Waals surface area contributed by atoms with E-state index in [1.54, 1.807) is 44.2 Å². The van der Waals surface area contributed by atoms with Gasteiger partial charge in [-0.2, -0.15) is 0 Å². The Labute approximate surface area is 244 Å². The van der Waals surface area contributed by atoms with E-state index in [2.05, 4.69) is 20.9 Å². The predicted molar refractivity (Wildman–Crippen MR) is 155 cm³/mol. The fourth-order valence-corrected chi connectivity index (χ4v) is 3.99. The number of aliphatic carboxylic acids is 1. The number of amides is 4. The van der Waals surface area contributed by atoms with E-state index in [1.807, 2.05) is 0 Å². The first-order chi connectivity index (χ1) is 19.8. The first-order valence-electron chi connectivity index (χ1n) is 13.4. The van der Waals surface area contributed by atoms with Gasteiger partial charge < -0.3 is 48.0 Å². The molecule has 0 bridgehead atoms. The number of guanidine groups is 1. The second kappa shape index (κ2) is 18.0. The minimum Gasteiger partial charge on any atom is -0.481 e. The van der Waals surface area contributed by atoms with E-state index in [1.165, 1.54) is 11.9 Å². The van der Waals surface area contributed by atoms with Gasteiger partial charge >= 0.3 is 5.97 Å². The summed E-state index contributed by atoms with van der Waals surface area (Å²) in [6.07, 6.45) is 0.552. The molecule has 0 aliphatic carbocycles. The molecule has 4 atom stereocenters. The zero-order valence-electron chi connectivity index (χ0n) is 24.1. The molecule has 10 N–H and O–H groups in total. The molecule has 0 unspecified atom stereocenters. The number of rotatable bonds is 18. The number of benzene rings is 1. The van der Waals surface area contributed by atoms with Crippen molar-refractivity contribution in [3.05, 3.63) is 35.9 Å². The summed E-state index contributed by atoms with van der Waals surface area (Å²) in [4.78, 5) is 79.5. The van der Waals surface area contributed by atoms with Crippen LogP contribution in [0.1, 0.15) is 38.7 Å². The molecule has 0 saturated heterocycles. The molecule has 0 heterocycles. The van der Waals surface area contributed by atoms with Crippen molar-refractivity contribution in [3.63, 3.8) is 0 Å². The van der Waals surface area contributed by atoms with Gasteiger partial charge in [-0.1, -0.05) is 44.2 Å². The standard InChI is InChI=1S/C27H42N8O7/c1-16(2)21(15-36)35(3)26(42)20(12-17-8-5-4-6-9-17)34-25(41)19(13-23(38)39)33-22(37)14-32-24(40)18(28)10-7-11-31-27(29)30/h4-6,8-9,15-16,18-21H,7,10-14,28H2,1-3H3,(H,32,40)(H,33,37)(H,34,41)(H,38,39)(H4,29,30,31)/t18-,19-,20-,21-/m1/s1. The number of carboxylic acids is 1. The molecular weight excluding hydrogens is 548 g/mol. The Morgan fingerprint density at radius 2 is 1.67 bits per heavy atom. The third kappa shape index (κ3) is 12.8. The van der Waals surface area contributed by atoms with Gasteiger partial charge in [0.15, 0.2) is 5.96 Å². The van der Waals surface area contributed by atoms with Crippen LogP contribution < -0.4 is 33.2 Å². The van der Waals surface area contributed by atoms with E-state index >= 15 is 0 Å². The van der Waals surface area contributed by atoms with Crippen molar-refractivity contribution in [1.82, 2.24) is 20.9 Å². The Bertz CT molecular complexity index is 1110. The number of aliphatic imine (C=N–C) groups is 1. The molecule has 232 valence electrons. The van der Waals surface area contributed by atoms with Crippen LogP contribution in [0.15, 0.2) is 35.3 Å². The van der Waals surface area contributed by atoms with Crippen LogP contribution >= 0.6 is 0 Å². The Morgan fingerprint density at radius 1 is 1.02 bits per heavy atom. The topological polar surface area (TPSA) is 252 Å². The van der Waals surface area contributed by atoms with Gasteiger partial charge in [-0.3, -0.25) is 29.0 Å². The lowest BCUT2D eigenvalue weighted by molar-refractivity contribution is -0.142. The average Bonchev–Trinajstić information content (AvgIpc) is 2.93. The number of carbonyl (C=O) groups is 6. The number of nitrogens with one attached hydrogen (secondary N) is 3. The number of hydrogen-bond donors (Lipinski definition) is 7. The summed E-state index contributed by atoms with van der Waals surface area (Å²) in [5.74, 6) is -4.66. The molecule has 15 heteroatoms. The molecule has 0 aliphatic heterocycles. The van der Waals surface area contributed by atoms with Crippen LogP contribution in [0.5, 0.6) is 0 Å². The molecule has 0 spiro atoms. The lowest BCUT2D eigenvalue weighted by Crippen LogP contribution is -2.57. The number of nitrogens with two attached hydrogens (primary N) is 3. The van der Waals surface area contributed by atoms with Crippen LogP contribution in [-0.4, -0.2) is 96.2 Å². The largest absolute Gasteiger partial charge is 0.481 e. The first kappa shape index (κ1) is 35.5. The minimum absolute atomic E-state index is 0.0459. The number of aldehydes is 1. The maximum Gasteiger partial charge on any atom is 0.305 e. The maximum absolute atomic E-state index is 13.4. The molecule has 0 fully saturated rings. The van der Waals surface area contributed by atoms with Crippen LogP contribution in [0, 0.1) is 5.92 Å². The Kier molecular flexibility index (Phi) is 15.2. The van der Waals surface area contributed by atoms with E-state index in [0.717, 1.165) is 0 Å². The summed E-state index contributed by atoms with van der Waals surface area (Å²) in [6.45, 7) is 3.23. The lowest BCUT2D eigenvalue weighted by atomic mass is 10.0. The van der Waals surface area contributed by atoms with Crippen LogP contribution in [0.4, 0.5) is 0 Å². The Hall–Kier alpha value is -4.53. The van der Waals surface area contributed by atoms with Crippen molar-refractivity contribution >= 4 is 41.8 Å². The van der Waals surface area contributed by atoms with Crippen molar-refractivity contribution in [2.24, 2.45) is 28.1 Å². The highest BCUT2D eigenvalue weighted by Crippen LogP contribution is 2.12. The highest BCUT2D eigenvalue weighted by molar-refractivity contribution is 5.95. The van der Waals surface area contributed by atoms with Crippen LogP contribution in [0.25, 0.3) is 0 Å². The monoisotopic (exact) mass is 590 g/mol. The summed E-state index contributed by atoms with van der Waals surface area (Å²) in [7, 11) is 1.44. The van der Waals surface area contributed by atoms with Crippen molar-refractivity contribution in [2.45, 2.75) is 63.7 Å². The molecule has 0 saturated carbocycles. The molecule has 0 aliphatic rings. The molecule has 0 aromatic heterocycles. The van der Waals surface area contributed by atoms with E-state index in [9.17, 15) is 33.9 Å². The fourth-order valence-electron chi connectivity index (χ4n) is 3.99. The van der Waals surface area contributed by atoms with Crippen LogP contribution in [-0.2, 0) is 35.2 Å². The van der Waals surface area contributed by atoms with Gasteiger partial charge in [0.05, 0.1) is 25.0 Å². The predicted octanol–water partition coefficient (Wildman–Crippen LogP) is -2.15. The quantitative estimate of drug-likeness (QED) is 0.0422. The Morgan fingerprint density at radius 3 is 2.21 bits per heavy atom. The third-order valence-corrected chi connectivity index (χ3v) is 6.27. The minimum atomic E-state index is -1.57. The molecule has 4 amide bonds. The van der Waals surface area contributed by atoms with E-state index < -0.39 is 66.7 Å². The van der Waals surface area contributed by atoms with Gasteiger partial charge in [0.25, 0.3) is 0 Å². The molecule has 1 rings (SSSR count). The molecule has 42 heavy (non-hydrogen) atoms. The second-order valence-corrected chi connectivity index (χ2v) is 10.1. The van der Waals surface area contributed by atoms with Gasteiger partial charge in [0.1, 0.15) is 18.4 Å². The summed E-state index contributed by atoms with van der Waals surface area (Å²) in [6, 6.07) is 4.33. The van der Waals surface area contributed by atoms with Crippen molar-refractivity contribution in [1.29, 1.82) is 0 Å². The number of carbonyl (C=O) groups excluding carboxylic acids is 5. The van der Waals surface area contributed by atoms with Gasteiger partial charge in [0.2, 0.25) is 23.6 Å². The average molecular weight is 591 g/mol. The molecule has 0 radical (unpaired) electrons. The van der Waals surface area contributed by atoms with Gasteiger partial charge in [-0.05, 0) is 24.3 Å². The second-order valence-electron chi connectivity index (χ2n) is 10.1. The number of likely N-dealkylation sites (N-methyl/N-ethyl adjacent to an activating group) is 1. The SMILES string of the molecule is CC(C)[C@@H](C=O)N(C)C(=O)[C@@H](Cc1ccccc1)NC(=O)[C@@H](CC(=O)O)NC(=O)CNC(=O)[C@H](N)CCCN=C(N)N. The third-order valence-electron chi connectivity index (χ3n) is 6.27. The van der Waals surface area contributed by atoms with E-state index in [0.29, 0.717) is 18.3 Å². The molecular formula is C27H42N8O7. The van der Waals surface area contributed by atoms with E-state index in [-0.39, 0.29) is 31.3 Å². The molecule has 1 aromatic rings. The number of hydrogen-bond acceptors (Lipinski definition) is 8. The zero-order valence-corrected chi connectivity index (χ0v) is 24.1. The summed E-state index contributed by atoms with van der Waals surface area (Å²) < 4.78 is 0. The highest BCUT2D eigenvalue weighted by atomic mass is 16.4. The molecule has 15 nitrogen and oxygen atoms in total. The summed E-state index contributed by atoms with van der Waals surface area (Å²) >= 11 is 0. The fraction of sp³-hybridized carbons (Fsp3) is 0.519. The Balaban J connectivity index is 2.96. The lowest BCUT2D eigenvalue weighted by Gasteiger charge is -2.31. The van der Waals surface area contributed by atoms with Gasteiger partial charge in [-0.15, -0.1) is 0 Å². The number of nitrogens with zero attached hydrogens (tertiary/aromatic N) is 2. The number of carboxylic acid groups (broad SMARTS) is 1. The summed E-state index contributed by atoms with van der Waals surface area (Å²) in [5, 5.41) is 16.5. The van der Waals surface area contributed by atoms with Crippen LogP contribution in [0.2, 0.25) is 0 Å². The highest BCUT2D eigenvalue weighted by Gasteiger charge is 2.33. The van der Waals surface area contributed by atoms with E-state index in [4.69, 9.17) is 17.2 Å². The van der Waals surface area contributed by atoms with Crippen molar-refractivity contribution < 1.29 is 33.9 Å². The zero-order chi connectivity index (χ0) is 31.8. The first-order valence-corrected chi connectivity index (χ1v) is 13.4. The smallest absolute Gasteiger partial charge is 0.305 e. The summed E-state index contributed by atoms with van der Waals surface area (Å²) in [5.41, 5.74) is 17.0. The maximum atomic E-state index is 13.4. The van der Waals surface area contributed by atoms with Gasteiger partial charge in [0, 0.05) is 20.0 Å². The van der Waals surface area contributed by atoms with Gasteiger partial charge in [-0.25, -0.2) is 0 Å². The molecule has 1 aromatic carbocycles.